The number of carbonyl (C=O) groups excluding carboxylic acids is 2. The quantitative estimate of drug-likeness (QED) is 0.617. The van der Waals surface area contributed by atoms with Crippen molar-refractivity contribution in [1.82, 2.24) is 5.32 Å². The number of ether oxygens (including phenoxy) is 1. The molecule has 2 aromatic rings. The normalized spacial score (nSPS) is 14.6. The molecule has 7 nitrogen and oxygen atoms in total. The highest BCUT2D eigenvalue weighted by atomic mass is 32.2. The summed E-state index contributed by atoms with van der Waals surface area (Å²) in [6.07, 6.45) is 3.11. The fourth-order valence-corrected chi connectivity index (χ4v) is 4.21. The second-order valence-corrected chi connectivity index (χ2v) is 9.42. The molecule has 0 spiro atoms. The summed E-state index contributed by atoms with van der Waals surface area (Å²) in [4.78, 5) is 24.6. The Kier molecular flexibility index (Phi) is 6.77. The summed E-state index contributed by atoms with van der Waals surface area (Å²) in [5, 5.41) is 2.93. The van der Waals surface area contributed by atoms with Crippen LogP contribution in [-0.4, -0.2) is 39.7 Å². The largest absolute Gasteiger partial charge is 0.454 e. The molecule has 0 saturated heterocycles. The van der Waals surface area contributed by atoms with E-state index in [4.69, 9.17) is 4.74 Å². The van der Waals surface area contributed by atoms with E-state index in [0.717, 1.165) is 29.0 Å². The van der Waals surface area contributed by atoms with Gasteiger partial charge in [-0.3, -0.25) is 13.9 Å². The van der Waals surface area contributed by atoms with E-state index >= 15 is 0 Å². The molecule has 30 heavy (non-hydrogen) atoms. The van der Waals surface area contributed by atoms with Crippen molar-refractivity contribution in [3.05, 3.63) is 65.7 Å². The standard InChI is InChI=1S/C22H26N2O5S/c1-16-8-6-7-11-19(16)24(30(2,27)28)14-21(26)29-15-20(25)23-22(18-12-13-18)17-9-4-3-5-10-17/h3-11,18,22H,12-15H2,1-2H3,(H,23,25). The number of nitrogens with one attached hydrogen (secondary N) is 1. The predicted octanol–water partition coefficient (Wildman–Crippen LogP) is 2.57. The van der Waals surface area contributed by atoms with E-state index in [1.807, 2.05) is 30.3 Å². The Balaban J connectivity index is 1.59. The Hall–Kier alpha value is -2.87. The number of hydrogen-bond donors (Lipinski definition) is 1. The minimum absolute atomic E-state index is 0.114. The maximum atomic E-state index is 12.4. The van der Waals surface area contributed by atoms with Gasteiger partial charge in [0.2, 0.25) is 10.0 Å². The Bertz CT molecular complexity index is 1000. The van der Waals surface area contributed by atoms with Crippen molar-refractivity contribution in [2.45, 2.75) is 25.8 Å². The zero-order valence-corrected chi connectivity index (χ0v) is 17.9. The lowest BCUT2D eigenvalue weighted by Gasteiger charge is -2.23. The molecule has 3 rings (SSSR count). The molecule has 0 aliphatic heterocycles. The predicted molar refractivity (Wildman–Crippen MR) is 114 cm³/mol. The van der Waals surface area contributed by atoms with Crippen molar-refractivity contribution in [2.24, 2.45) is 5.92 Å². The fourth-order valence-electron chi connectivity index (χ4n) is 3.31. The number of para-hydroxylation sites is 1. The van der Waals surface area contributed by atoms with Gasteiger partial charge >= 0.3 is 5.97 Å². The van der Waals surface area contributed by atoms with Crippen molar-refractivity contribution >= 4 is 27.6 Å². The Morgan fingerprint density at radius 1 is 1.10 bits per heavy atom. The monoisotopic (exact) mass is 430 g/mol. The molecule has 0 heterocycles. The number of benzene rings is 2. The number of esters is 1. The van der Waals surface area contributed by atoms with Gasteiger partial charge in [0.25, 0.3) is 5.91 Å². The summed E-state index contributed by atoms with van der Waals surface area (Å²) < 4.78 is 30.4. The summed E-state index contributed by atoms with van der Waals surface area (Å²) in [6, 6.07) is 16.4. The second-order valence-electron chi connectivity index (χ2n) is 7.51. The molecule has 1 fully saturated rings. The van der Waals surface area contributed by atoms with E-state index in [0.29, 0.717) is 17.2 Å². The first-order valence-corrected chi connectivity index (χ1v) is 11.6. The van der Waals surface area contributed by atoms with Crippen molar-refractivity contribution < 1.29 is 22.7 Å². The lowest BCUT2D eigenvalue weighted by atomic mass is 10.0. The number of amides is 1. The number of carbonyl (C=O) groups is 2. The first kappa shape index (κ1) is 21.8. The SMILES string of the molecule is Cc1ccccc1N(CC(=O)OCC(=O)NC(c1ccccc1)C1CC1)S(C)(=O)=O. The molecule has 1 amide bonds. The lowest BCUT2D eigenvalue weighted by Crippen LogP contribution is -2.38. The highest BCUT2D eigenvalue weighted by Gasteiger charge is 2.33. The van der Waals surface area contributed by atoms with Gasteiger partial charge in [-0.05, 0) is 42.9 Å². The molecule has 0 radical (unpaired) electrons. The molecule has 1 unspecified atom stereocenters. The van der Waals surface area contributed by atoms with E-state index in [-0.39, 0.29) is 6.04 Å². The van der Waals surface area contributed by atoms with Gasteiger partial charge in [-0.25, -0.2) is 8.42 Å². The van der Waals surface area contributed by atoms with E-state index in [1.165, 1.54) is 0 Å². The van der Waals surface area contributed by atoms with E-state index in [2.05, 4.69) is 5.32 Å². The van der Waals surface area contributed by atoms with E-state index in [9.17, 15) is 18.0 Å². The average molecular weight is 431 g/mol. The second kappa shape index (κ2) is 9.30. The van der Waals surface area contributed by atoms with Crippen molar-refractivity contribution in [3.8, 4) is 0 Å². The Morgan fingerprint density at radius 3 is 2.33 bits per heavy atom. The van der Waals surface area contributed by atoms with Crippen LogP contribution in [0.25, 0.3) is 0 Å². The van der Waals surface area contributed by atoms with Crippen LogP contribution in [0, 0.1) is 12.8 Å². The number of sulfonamides is 1. The van der Waals surface area contributed by atoms with Gasteiger partial charge in [-0.1, -0.05) is 48.5 Å². The van der Waals surface area contributed by atoms with Crippen LogP contribution in [0.1, 0.15) is 30.0 Å². The third-order valence-electron chi connectivity index (χ3n) is 4.99. The molecule has 1 saturated carbocycles. The van der Waals surface area contributed by atoms with E-state index < -0.39 is 35.1 Å². The van der Waals surface area contributed by atoms with Gasteiger partial charge < -0.3 is 10.1 Å². The van der Waals surface area contributed by atoms with Gasteiger partial charge in [0.15, 0.2) is 6.61 Å². The van der Waals surface area contributed by atoms with Crippen LogP contribution < -0.4 is 9.62 Å². The number of rotatable bonds is 9. The molecule has 8 heteroatoms. The molecular formula is C22H26N2O5S. The number of anilines is 1. The minimum atomic E-state index is -3.70. The van der Waals surface area contributed by atoms with Crippen LogP contribution in [0.15, 0.2) is 54.6 Å². The molecule has 0 bridgehead atoms. The number of nitrogens with zero attached hydrogens (tertiary/aromatic N) is 1. The topological polar surface area (TPSA) is 92.8 Å². The van der Waals surface area contributed by atoms with Crippen LogP contribution in [0.2, 0.25) is 0 Å². The van der Waals surface area contributed by atoms with Crippen LogP contribution >= 0.6 is 0 Å². The molecule has 1 N–H and O–H groups in total. The van der Waals surface area contributed by atoms with Gasteiger partial charge in [-0.2, -0.15) is 0 Å². The summed E-state index contributed by atoms with van der Waals surface area (Å²) in [5.41, 5.74) is 2.13. The maximum Gasteiger partial charge on any atom is 0.327 e. The summed E-state index contributed by atoms with van der Waals surface area (Å²) in [6.45, 7) is 0.801. The van der Waals surface area contributed by atoms with Gasteiger partial charge in [0, 0.05) is 0 Å². The molecular weight excluding hydrogens is 404 g/mol. The van der Waals surface area contributed by atoms with Crippen LogP contribution in [-0.2, 0) is 24.3 Å². The Morgan fingerprint density at radius 2 is 1.73 bits per heavy atom. The molecule has 1 aliphatic carbocycles. The first-order chi connectivity index (χ1) is 14.3. The average Bonchev–Trinajstić information content (AvgIpc) is 3.54. The summed E-state index contributed by atoms with van der Waals surface area (Å²) >= 11 is 0. The highest BCUT2D eigenvalue weighted by Crippen LogP contribution is 2.40. The third kappa shape index (κ3) is 5.82. The summed E-state index contributed by atoms with van der Waals surface area (Å²) in [5.74, 6) is -0.818. The van der Waals surface area contributed by atoms with Crippen LogP contribution in [0.4, 0.5) is 5.69 Å². The van der Waals surface area contributed by atoms with Crippen LogP contribution in [0.5, 0.6) is 0 Å². The van der Waals surface area contributed by atoms with Crippen LogP contribution in [0.3, 0.4) is 0 Å². The first-order valence-electron chi connectivity index (χ1n) is 9.79. The van der Waals surface area contributed by atoms with Gasteiger partial charge in [-0.15, -0.1) is 0 Å². The Labute approximate surface area is 177 Å². The van der Waals surface area contributed by atoms with Crippen molar-refractivity contribution in [2.75, 3.05) is 23.7 Å². The molecule has 2 aromatic carbocycles. The molecule has 1 atom stereocenters. The van der Waals surface area contributed by atoms with Gasteiger partial charge in [0.1, 0.15) is 6.54 Å². The molecule has 1 aliphatic rings. The fraction of sp³-hybridized carbons (Fsp3) is 0.364. The van der Waals surface area contributed by atoms with Crippen molar-refractivity contribution in [1.29, 1.82) is 0 Å². The lowest BCUT2D eigenvalue weighted by molar-refractivity contribution is -0.147. The minimum Gasteiger partial charge on any atom is -0.454 e. The smallest absolute Gasteiger partial charge is 0.327 e. The zero-order chi connectivity index (χ0) is 21.7. The number of aryl methyl sites for hydroxylation is 1. The number of hydrogen-bond acceptors (Lipinski definition) is 5. The summed E-state index contributed by atoms with van der Waals surface area (Å²) in [7, 11) is -3.70. The third-order valence-corrected chi connectivity index (χ3v) is 6.12. The van der Waals surface area contributed by atoms with E-state index in [1.54, 1.807) is 31.2 Å². The van der Waals surface area contributed by atoms with Crippen molar-refractivity contribution in [3.63, 3.8) is 0 Å². The van der Waals surface area contributed by atoms with Gasteiger partial charge in [0.05, 0.1) is 18.0 Å². The molecule has 160 valence electrons. The zero-order valence-electron chi connectivity index (χ0n) is 17.1. The maximum absolute atomic E-state index is 12.4. The highest BCUT2D eigenvalue weighted by molar-refractivity contribution is 7.92. The molecule has 0 aromatic heterocycles.